The van der Waals surface area contributed by atoms with Crippen LogP contribution in [0.4, 0.5) is 5.69 Å². The van der Waals surface area contributed by atoms with E-state index in [4.69, 9.17) is 10.5 Å². The first-order valence-electron chi connectivity index (χ1n) is 5.99. The molecule has 1 atom stereocenters. The standard InChI is InChI=1S/C15H18N2O/c1-18-14-9-7-12(8-10-14)15(11-16)17-13-5-3-2-4-6-13/h2-10,15,17H,11,16H2,1H3. The maximum Gasteiger partial charge on any atom is 0.118 e. The van der Waals surface area contributed by atoms with Gasteiger partial charge in [-0.1, -0.05) is 30.3 Å². The smallest absolute Gasteiger partial charge is 0.118 e. The van der Waals surface area contributed by atoms with Crippen molar-refractivity contribution in [1.29, 1.82) is 0 Å². The van der Waals surface area contributed by atoms with Gasteiger partial charge in [0.1, 0.15) is 5.75 Å². The van der Waals surface area contributed by atoms with Crippen molar-refractivity contribution < 1.29 is 4.74 Å². The van der Waals surface area contributed by atoms with Gasteiger partial charge >= 0.3 is 0 Å². The van der Waals surface area contributed by atoms with Crippen LogP contribution in [0.1, 0.15) is 11.6 Å². The quantitative estimate of drug-likeness (QED) is 0.847. The van der Waals surface area contributed by atoms with E-state index in [1.165, 1.54) is 0 Å². The van der Waals surface area contributed by atoms with Crippen LogP contribution in [0.25, 0.3) is 0 Å². The van der Waals surface area contributed by atoms with Gasteiger partial charge in [-0.2, -0.15) is 0 Å². The summed E-state index contributed by atoms with van der Waals surface area (Å²) in [4.78, 5) is 0. The molecule has 0 fully saturated rings. The Balaban J connectivity index is 2.12. The monoisotopic (exact) mass is 242 g/mol. The van der Waals surface area contributed by atoms with Crippen molar-refractivity contribution in [3.8, 4) is 5.75 Å². The van der Waals surface area contributed by atoms with E-state index >= 15 is 0 Å². The van der Waals surface area contributed by atoms with Gasteiger partial charge in [-0.15, -0.1) is 0 Å². The van der Waals surface area contributed by atoms with Gasteiger partial charge in [-0.3, -0.25) is 0 Å². The fraction of sp³-hybridized carbons (Fsp3) is 0.200. The summed E-state index contributed by atoms with van der Waals surface area (Å²) in [6.07, 6.45) is 0. The summed E-state index contributed by atoms with van der Waals surface area (Å²) in [5, 5.41) is 3.42. The number of methoxy groups -OCH3 is 1. The normalized spacial score (nSPS) is 11.9. The highest BCUT2D eigenvalue weighted by Crippen LogP contribution is 2.21. The first-order chi connectivity index (χ1) is 8.83. The molecule has 18 heavy (non-hydrogen) atoms. The molecule has 0 amide bonds. The summed E-state index contributed by atoms with van der Waals surface area (Å²) in [5.41, 5.74) is 8.06. The van der Waals surface area contributed by atoms with Crippen LogP contribution in [0, 0.1) is 0 Å². The zero-order chi connectivity index (χ0) is 12.8. The predicted molar refractivity (Wildman–Crippen MR) is 74.9 cm³/mol. The largest absolute Gasteiger partial charge is 0.497 e. The zero-order valence-electron chi connectivity index (χ0n) is 10.5. The average molecular weight is 242 g/mol. The van der Waals surface area contributed by atoms with Crippen molar-refractivity contribution in [1.82, 2.24) is 0 Å². The molecular weight excluding hydrogens is 224 g/mol. The van der Waals surface area contributed by atoms with E-state index in [1.807, 2.05) is 54.6 Å². The van der Waals surface area contributed by atoms with Crippen LogP contribution in [0.2, 0.25) is 0 Å². The third kappa shape index (κ3) is 3.02. The van der Waals surface area contributed by atoms with E-state index in [0.29, 0.717) is 6.54 Å². The second-order valence-corrected chi connectivity index (χ2v) is 4.07. The van der Waals surface area contributed by atoms with Gasteiger partial charge in [-0.25, -0.2) is 0 Å². The summed E-state index contributed by atoms with van der Waals surface area (Å²) < 4.78 is 5.15. The van der Waals surface area contributed by atoms with E-state index < -0.39 is 0 Å². The summed E-state index contributed by atoms with van der Waals surface area (Å²) in [5.74, 6) is 0.856. The zero-order valence-corrected chi connectivity index (χ0v) is 10.5. The van der Waals surface area contributed by atoms with Crippen LogP contribution >= 0.6 is 0 Å². The topological polar surface area (TPSA) is 47.3 Å². The molecule has 3 heteroatoms. The molecule has 0 spiro atoms. The number of para-hydroxylation sites is 1. The van der Waals surface area contributed by atoms with E-state index in [1.54, 1.807) is 7.11 Å². The molecule has 0 aliphatic carbocycles. The Kier molecular flexibility index (Phi) is 4.20. The van der Waals surface area contributed by atoms with Crippen molar-refractivity contribution in [3.63, 3.8) is 0 Å². The van der Waals surface area contributed by atoms with Crippen LogP contribution in [-0.2, 0) is 0 Å². The fourth-order valence-corrected chi connectivity index (χ4v) is 1.85. The second kappa shape index (κ2) is 6.07. The van der Waals surface area contributed by atoms with Crippen LogP contribution in [-0.4, -0.2) is 13.7 Å². The molecule has 0 aromatic heterocycles. The number of benzene rings is 2. The predicted octanol–water partition coefficient (Wildman–Crippen LogP) is 2.81. The molecule has 3 nitrogen and oxygen atoms in total. The first-order valence-corrected chi connectivity index (χ1v) is 5.99. The van der Waals surface area contributed by atoms with Crippen LogP contribution in [0.3, 0.4) is 0 Å². The fourth-order valence-electron chi connectivity index (χ4n) is 1.85. The summed E-state index contributed by atoms with van der Waals surface area (Å²) in [6.45, 7) is 0.543. The van der Waals surface area contributed by atoms with E-state index in [-0.39, 0.29) is 6.04 Å². The maximum atomic E-state index is 5.83. The lowest BCUT2D eigenvalue weighted by molar-refractivity contribution is 0.414. The molecule has 0 heterocycles. The van der Waals surface area contributed by atoms with Gasteiger partial charge in [-0.05, 0) is 29.8 Å². The highest BCUT2D eigenvalue weighted by Gasteiger charge is 2.09. The van der Waals surface area contributed by atoms with Gasteiger partial charge in [0.05, 0.1) is 13.2 Å². The summed E-state index contributed by atoms with van der Waals surface area (Å²) >= 11 is 0. The average Bonchev–Trinajstić information content (AvgIpc) is 2.46. The minimum Gasteiger partial charge on any atom is -0.497 e. The van der Waals surface area contributed by atoms with Crippen molar-refractivity contribution >= 4 is 5.69 Å². The van der Waals surface area contributed by atoms with E-state index in [2.05, 4.69) is 5.32 Å². The second-order valence-electron chi connectivity index (χ2n) is 4.07. The van der Waals surface area contributed by atoms with Gasteiger partial charge in [0, 0.05) is 12.2 Å². The van der Waals surface area contributed by atoms with Crippen molar-refractivity contribution in [2.45, 2.75) is 6.04 Å². The molecular formula is C15H18N2O. The van der Waals surface area contributed by atoms with Crippen molar-refractivity contribution in [3.05, 3.63) is 60.2 Å². The van der Waals surface area contributed by atoms with Gasteiger partial charge in [0.2, 0.25) is 0 Å². The maximum absolute atomic E-state index is 5.83. The number of hydrogen-bond donors (Lipinski definition) is 2. The molecule has 0 saturated heterocycles. The highest BCUT2D eigenvalue weighted by molar-refractivity contribution is 5.45. The molecule has 0 aliphatic rings. The molecule has 3 N–H and O–H groups in total. The molecule has 2 rings (SSSR count). The molecule has 94 valence electrons. The van der Waals surface area contributed by atoms with Gasteiger partial charge in [0.25, 0.3) is 0 Å². The van der Waals surface area contributed by atoms with Crippen molar-refractivity contribution in [2.75, 3.05) is 19.0 Å². The number of nitrogens with two attached hydrogens (primary N) is 1. The Morgan fingerprint density at radius 3 is 2.28 bits per heavy atom. The number of hydrogen-bond acceptors (Lipinski definition) is 3. The Morgan fingerprint density at radius 2 is 1.72 bits per heavy atom. The Morgan fingerprint density at radius 1 is 1.06 bits per heavy atom. The molecule has 0 aliphatic heterocycles. The number of ether oxygens (including phenoxy) is 1. The minimum absolute atomic E-state index is 0.110. The molecule has 0 saturated carbocycles. The first kappa shape index (κ1) is 12.5. The number of rotatable bonds is 5. The summed E-state index contributed by atoms with van der Waals surface area (Å²) in [7, 11) is 1.66. The number of nitrogens with one attached hydrogen (secondary N) is 1. The lowest BCUT2D eigenvalue weighted by Crippen LogP contribution is -2.20. The van der Waals surface area contributed by atoms with Crippen LogP contribution in [0.5, 0.6) is 5.75 Å². The minimum atomic E-state index is 0.110. The molecule has 1 unspecified atom stereocenters. The van der Waals surface area contributed by atoms with Crippen LogP contribution in [0.15, 0.2) is 54.6 Å². The molecule has 2 aromatic rings. The third-order valence-electron chi connectivity index (χ3n) is 2.87. The Hall–Kier alpha value is -2.00. The number of anilines is 1. The van der Waals surface area contributed by atoms with E-state index in [9.17, 15) is 0 Å². The Bertz CT molecular complexity index is 468. The lowest BCUT2D eigenvalue weighted by Gasteiger charge is -2.18. The molecule has 0 bridgehead atoms. The molecule has 2 aromatic carbocycles. The van der Waals surface area contributed by atoms with Crippen molar-refractivity contribution in [2.24, 2.45) is 5.73 Å². The highest BCUT2D eigenvalue weighted by atomic mass is 16.5. The van der Waals surface area contributed by atoms with Gasteiger partial charge < -0.3 is 15.8 Å². The van der Waals surface area contributed by atoms with Crippen LogP contribution < -0.4 is 15.8 Å². The summed E-state index contributed by atoms with van der Waals surface area (Å²) in [6, 6.07) is 18.1. The lowest BCUT2D eigenvalue weighted by atomic mass is 10.1. The SMILES string of the molecule is COc1ccc(C(CN)Nc2ccccc2)cc1. The molecule has 0 radical (unpaired) electrons. The third-order valence-corrected chi connectivity index (χ3v) is 2.87. The van der Waals surface area contributed by atoms with E-state index in [0.717, 1.165) is 17.0 Å². The Labute approximate surface area is 108 Å². The van der Waals surface area contributed by atoms with Gasteiger partial charge in [0.15, 0.2) is 0 Å².